The Labute approximate surface area is 205 Å². The second-order valence-corrected chi connectivity index (χ2v) is 8.66. The van der Waals surface area contributed by atoms with Gasteiger partial charge in [0.2, 0.25) is 5.91 Å². The summed E-state index contributed by atoms with van der Waals surface area (Å²) >= 11 is 5.28. The molecule has 0 saturated carbocycles. The highest BCUT2D eigenvalue weighted by molar-refractivity contribution is 7.80. The van der Waals surface area contributed by atoms with Crippen molar-refractivity contribution in [2.45, 2.75) is 26.7 Å². The fraction of sp³-hybridized carbons (Fsp3) is 0.222. The number of carbonyl (C=O) groups is 2. The third-order valence-electron chi connectivity index (χ3n) is 4.81. The molecule has 3 aromatic rings. The van der Waals surface area contributed by atoms with Crippen molar-refractivity contribution in [3.8, 4) is 5.75 Å². The Morgan fingerprint density at radius 1 is 0.882 bits per heavy atom. The van der Waals surface area contributed by atoms with E-state index in [-0.39, 0.29) is 16.9 Å². The maximum absolute atomic E-state index is 12.5. The van der Waals surface area contributed by atoms with E-state index in [0.29, 0.717) is 48.1 Å². The monoisotopic (exact) mass is 475 g/mol. The fourth-order valence-electron chi connectivity index (χ4n) is 3.10. The van der Waals surface area contributed by atoms with Gasteiger partial charge in [-0.15, -0.1) is 0 Å². The van der Waals surface area contributed by atoms with Crippen LogP contribution in [0.25, 0.3) is 0 Å². The summed E-state index contributed by atoms with van der Waals surface area (Å²) in [4.78, 5) is 24.8. The lowest BCUT2D eigenvalue weighted by atomic mass is 10.1. The first-order valence-corrected chi connectivity index (χ1v) is 11.6. The minimum atomic E-state index is -0.321. The standard InChI is InChI=1S/C27H29N3O3S/c1-19(2)18-33-24-14-12-21(13-15-24)26(32)30-27(34)29-23-10-6-9-22(17-23)28-25(31)16-11-20-7-4-3-5-8-20/h3-10,12-15,17,19H,11,16,18H2,1-2H3,(H,28,31)(H2,29,30,32,34). The first kappa shape index (κ1) is 24.9. The predicted octanol–water partition coefficient (Wildman–Crippen LogP) is 5.42. The maximum atomic E-state index is 12.5. The van der Waals surface area contributed by atoms with Gasteiger partial charge in [-0.3, -0.25) is 14.9 Å². The third-order valence-corrected chi connectivity index (χ3v) is 5.02. The van der Waals surface area contributed by atoms with Crippen molar-refractivity contribution in [3.63, 3.8) is 0 Å². The molecule has 3 aromatic carbocycles. The third kappa shape index (κ3) is 8.33. The molecule has 0 atom stereocenters. The molecule has 34 heavy (non-hydrogen) atoms. The van der Waals surface area contributed by atoms with E-state index < -0.39 is 0 Å². The summed E-state index contributed by atoms with van der Waals surface area (Å²) in [6, 6.07) is 24.0. The van der Waals surface area contributed by atoms with Crippen molar-refractivity contribution >= 4 is 40.5 Å². The van der Waals surface area contributed by atoms with Crippen LogP contribution in [0, 0.1) is 5.92 Å². The van der Waals surface area contributed by atoms with Crippen LogP contribution in [-0.4, -0.2) is 23.5 Å². The lowest BCUT2D eigenvalue weighted by Gasteiger charge is -2.12. The number of nitrogens with one attached hydrogen (secondary N) is 3. The van der Waals surface area contributed by atoms with Gasteiger partial charge in [0.05, 0.1) is 6.61 Å². The molecule has 0 unspecified atom stereocenters. The van der Waals surface area contributed by atoms with Gasteiger partial charge in [-0.2, -0.15) is 0 Å². The highest BCUT2D eigenvalue weighted by Crippen LogP contribution is 2.16. The number of ether oxygens (including phenoxy) is 1. The Bertz CT molecular complexity index is 1120. The SMILES string of the molecule is CC(C)COc1ccc(C(=O)NC(=S)Nc2cccc(NC(=O)CCc3ccccc3)c2)cc1. The normalized spacial score (nSPS) is 10.4. The smallest absolute Gasteiger partial charge is 0.257 e. The van der Waals surface area contributed by atoms with Crippen LogP contribution < -0.4 is 20.7 Å². The molecule has 176 valence electrons. The Balaban J connectivity index is 1.48. The van der Waals surface area contributed by atoms with E-state index in [0.717, 1.165) is 5.56 Å². The van der Waals surface area contributed by atoms with Crippen LogP contribution >= 0.6 is 12.2 Å². The van der Waals surface area contributed by atoms with Crippen molar-refractivity contribution in [1.82, 2.24) is 5.32 Å². The minimum Gasteiger partial charge on any atom is -0.493 e. The summed E-state index contributed by atoms with van der Waals surface area (Å²) in [7, 11) is 0. The topological polar surface area (TPSA) is 79.5 Å². The average molecular weight is 476 g/mol. The molecule has 0 bridgehead atoms. The zero-order chi connectivity index (χ0) is 24.3. The predicted molar refractivity (Wildman–Crippen MR) is 140 cm³/mol. The number of thiocarbonyl (C=S) groups is 1. The number of hydrogen-bond acceptors (Lipinski definition) is 4. The van der Waals surface area contributed by atoms with Crippen molar-refractivity contribution in [2.75, 3.05) is 17.2 Å². The van der Waals surface area contributed by atoms with Crippen LogP contribution in [0.3, 0.4) is 0 Å². The second-order valence-electron chi connectivity index (χ2n) is 8.25. The van der Waals surface area contributed by atoms with E-state index in [2.05, 4.69) is 29.8 Å². The molecule has 0 spiro atoms. The molecule has 6 nitrogen and oxygen atoms in total. The summed E-state index contributed by atoms with van der Waals surface area (Å²) in [5.41, 5.74) is 2.89. The van der Waals surface area contributed by atoms with Gasteiger partial charge in [0.25, 0.3) is 5.91 Å². The minimum absolute atomic E-state index is 0.0716. The Hall–Kier alpha value is -3.71. The van der Waals surface area contributed by atoms with Gasteiger partial charge >= 0.3 is 0 Å². The van der Waals surface area contributed by atoms with Crippen LogP contribution in [0.2, 0.25) is 0 Å². The van der Waals surface area contributed by atoms with E-state index in [4.69, 9.17) is 17.0 Å². The molecule has 0 saturated heterocycles. The molecule has 0 fully saturated rings. The van der Waals surface area contributed by atoms with Gasteiger partial charge in [0.15, 0.2) is 5.11 Å². The molecular weight excluding hydrogens is 446 g/mol. The van der Waals surface area contributed by atoms with Crippen LogP contribution in [0.4, 0.5) is 11.4 Å². The molecule has 0 aromatic heterocycles. The van der Waals surface area contributed by atoms with E-state index in [1.165, 1.54) is 0 Å². The van der Waals surface area contributed by atoms with E-state index >= 15 is 0 Å². The molecule has 7 heteroatoms. The highest BCUT2D eigenvalue weighted by atomic mass is 32.1. The Morgan fingerprint density at radius 2 is 1.56 bits per heavy atom. The lowest BCUT2D eigenvalue weighted by Crippen LogP contribution is -2.34. The molecule has 2 amide bonds. The molecule has 0 aliphatic carbocycles. The zero-order valence-electron chi connectivity index (χ0n) is 19.3. The van der Waals surface area contributed by atoms with Crippen molar-refractivity contribution in [1.29, 1.82) is 0 Å². The first-order valence-electron chi connectivity index (χ1n) is 11.2. The van der Waals surface area contributed by atoms with Gasteiger partial charge in [-0.05, 0) is 72.6 Å². The van der Waals surface area contributed by atoms with Gasteiger partial charge in [0, 0.05) is 23.4 Å². The van der Waals surface area contributed by atoms with Crippen LogP contribution in [-0.2, 0) is 11.2 Å². The number of carbonyl (C=O) groups excluding carboxylic acids is 2. The lowest BCUT2D eigenvalue weighted by molar-refractivity contribution is -0.116. The number of hydrogen-bond donors (Lipinski definition) is 3. The Kier molecular flexibility index (Phi) is 9.17. The molecule has 0 radical (unpaired) electrons. The second kappa shape index (κ2) is 12.5. The highest BCUT2D eigenvalue weighted by Gasteiger charge is 2.09. The maximum Gasteiger partial charge on any atom is 0.257 e. The number of aryl methyl sites for hydroxylation is 1. The van der Waals surface area contributed by atoms with E-state index in [1.807, 2.05) is 30.3 Å². The average Bonchev–Trinajstić information content (AvgIpc) is 2.82. The largest absolute Gasteiger partial charge is 0.493 e. The van der Waals surface area contributed by atoms with Gasteiger partial charge < -0.3 is 15.4 Å². The van der Waals surface area contributed by atoms with Gasteiger partial charge in [-0.25, -0.2) is 0 Å². The van der Waals surface area contributed by atoms with Crippen LogP contribution in [0.1, 0.15) is 36.2 Å². The number of benzene rings is 3. The molecule has 0 aliphatic rings. The summed E-state index contributed by atoms with van der Waals surface area (Å²) in [5.74, 6) is 0.747. The summed E-state index contributed by atoms with van der Waals surface area (Å²) in [5, 5.41) is 8.71. The van der Waals surface area contributed by atoms with E-state index in [9.17, 15) is 9.59 Å². The quantitative estimate of drug-likeness (QED) is 0.360. The van der Waals surface area contributed by atoms with Gasteiger partial charge in [0.1, 0.15) is 5.75 Å². The van der Waals surface area contributed by atoms with Crippen molar-refractivity contribution < 1.29 is 14.3 Å². The van der Waals surface area contributed by atoms with Crippen LogP contribution in [0.5, 0.6) is 5.75 Å². The first-order chi connectivity index (χ1) is 16.4. The Morgan fingerprint density at radius 3 is 2.24 bits per heavy atom. The fourth-order valence-corrected chi connectivity index (χ4v) is 3.31. The van der Waals surface area contributed by atoms with Crippen molar-refractivity contribution in [2.24, 2.45) is 5.92 Å². The van der Waals surface area contributed by atoms with E-state index in [1.54, 1.807) is 48.5 Å². The molecule has 0 aliphatic heterocycles. The molecule has 0 heterocycles. The van der Waals surface area contributed by atoms with Crippen molar-refractivity contribution in [3.05, 3.63) is 90.0 Å². The molecular formula is C27H29N3O3S. The summed E-state index contributed by atoms with van der Waals surface area (Å²) < 4.78 is 5.64. The summed E-state index contributed by atoms with van der Waals surface area (Å²) in [6.07, 6.45) is 1.06. The number of anilines is 2. The molecule has 3 rings (SSSR count). The van der Waals surface area contributed by atoms with Gasteiger partial charge in [-0.1, -0.05) is 50.2 Å². The number of amides is 2. The van der Waals surface area contributed by atoms with Crippen LogP contribution in [0.15, 0.2) is 78.9 Å². The zero-order valence-corrected chi connectivity index (χ0v) is 20.2. The number of rotatable bonds is 9. The summed E-state index contributed by atoms with van der Waals surface area (Å²) in [6.45, 7) is 4.77. The molecule has 3 N–H and O–H groups in total.